The van der Waals surface area contributed by atoms with Gasteiger partial charge < -0.3 is 9.80 Å². The second kappa shape index (κ2) is 8.28. The predicted molar refractivity (Wildman–Crippen MR) is 87.2 cm³/mol. The highest BCUT2D eigenvalue weighted by Gasteiger charge is 2.28. The van der Waals surface area contributed by atoms with E-state index in [1.165, 1.54) is 37.9 Å². The minimum Gasteiger partial charge on any atom is -0.338 e. The van der Waals surface area contributed by atoms with E-state index in [0.717, 1.165) is 31.7 Å². The number of rotatable bonds is 4. The first kappa shape index (κ1) is 16.2. The predicted octanol–water partition coefficient (Wildman–Crippen LogP) is 2.85. The molecular formula is C16H30N2OS. The summed E-state index contributed by atoms with van der Waals surface area (Å²) in [6.45, 7) is 1.97. The van der Waals surface area contributed by atoms with Crippen molar-refractivity contribution in [2.24, 2.45) is 5.92 Å². The molecule has 116 valence electrons. The maximum Gasteiger partial charge on any atom is 0.223 e. The quantitative estimate of drug-likeness (QED) is 0.797. The fraction of sp³-hybridized carbons (Fsp3) is 0.938. The van der Waals surface area contributed by atoms with Gasteiger partial charge in [0.2, 0.25) is 5.91 Å². The lowest BCUT2D eigenvalue weighted by molar-refractivity contribution is -0.134. The lowest BCUT2D eigenvalue weighted by Crippen LogP contribution is -2.47. The molecule has 0 aromatic rings. The summed E-state index contributed by atoms with van der Waals surface area (Å²) in [6.07, 6.45) is 8.52. The van der Waals surface area contributed by atoms with E-state index in [1.807, 2.05) is 11.8 Å². The third-order valence-electron chi connectivity index (χ3n) is 4.52. The number of carbonyl (C=O) groups excluding carboxylic acids is 1. The number of likely N-dealkylation sites (N-methyl/N-ethyl adjacent to an activating group) is 1. The molecule has 20 heavy (non-hydrogen) atoms. The van der Waals surface area contributed by atoms with Crippen molar-refractivity contribution in [2.45, 2.75) is 51.0 Å². The third kappa shape index (κ3) is 4.96. The Morgan fingerprint density at radius 3 is 2.65 bits per heavy atom. The highest BCUT2D eigenvalue weighted by atomic mass is 32.2. The first-order chi connectivity index (χ1) is 9.66. The number of nitrogens with zero attached hydrogens (tertiary/aromatic N) is 2. The van der Waals surface area contributed by atoms with E-state index in [4.69, 9.17) is 0 Å². The Balaban J connectivity index is 1.92. The van der Waals surface area contributed by atoms with Crippen molar-refractivity contribution in [3.63, 3.8) is 0 Å². The molecule has 0 radical (unpaired) electrons. The minimum atomic E-state index is 0.411. The van der Waals surface area contributed by atoms with Crippen molar-refractivity contribution in [3.8, 4) is 0 Å². The van der Waals surface area contributed by atoms with Crippen molar-refractivity contribution in [2.75, 3.05) is 38.7 Å². The van der Waals surface area contributed by atoms with Crippen LogP contribution in [-0.4, -0.2) is 60.4 Å². The van der Waals surface area contributed by atoms with Crippen LogP contribution in [0.1, 0.15) is 44.9 Å². The van der Waals surface area contributed by atoms with Gasteiger partial charge in [-0.25, -0.2) is 0 Å². The average molecular weight is 298 g/mol. The number of carbonyl (C=O) groups is 1. The molecule has 4 heteroatoms. The van der Waals surface area contributed by atoms with Crippen molar-refractivity contribution < 1.29 is 4.79 Å². The molecule has 2 rings (SSSR count). The normalized spacial score (nSPS) is 25.8. The van der Waals surface area contributed by atoms with Gasteiger partial charge in [-0.05, 0) is 45.0 Å². The molecule has 2 aliphatic rings. The molecule has 1 aliphatic carbocycles. The number of hydrogen-bond donors (Lipinski definition) is 0. The van der Waals surface area contributed by atoms with E-state index in [2.05, 4.69) is 23.9 Å². The molecule has 1 aliphatic heterocycles. The summed E-state index contributed by atoms with van der Waals surface area (Å²) >= 11 is 2.01. The topological polar surface area (TPSA) is 23.6 Å². The molecule has 1 saturated heterocycles. The van der Waals surface area contributed by atoms with Crippen molar-refractivity contribution >= 4 is 17.7 Å². The number of thioether (sulfide) groups is 1. The Hall–Kier alpha value is -0.220. The fourth-order valence-electron chi connectivity index (χ4n) is 3.49. The molecule has 1 atom stereocenters. The van der Waals surface area contributed by atoms with Crippen LogP contribution in [0.5, 0.6) is 0 Å². The van der Waals surface area contributed by atoms with Crippen molar-refractivity contribution in [1.82, 2.24) is 9.80 Å². The zero-order valence-corrected chi connectivity index (χ0v) is 14.0. The smallest absolute Gasteiger partial charge is 0.223 e. The Morgan fingerprint density at radius 2 is 1.95 bits per heavy atom. The molecule has 3 nitrogen and oxygen atoms in total. The van der Waals surface area contributed by atoms with Gasteiger partial charge in [0, 0.05) is 25.3 Å². The van der Waals surface area contributed by atoms with Crippen LogP contribution in [0.2, 0.25) is 0 Å². The van der Waals surface area contributed by atoms with Crippen LogP contribution in [0, 0.1) is 5.92 Å². The summed E-state index contributed by atoms with van der Waals surface area (Å²) in [7, 11) is 4.22. The summed E-state index contributed by atoms with van der Waals surface area (Å²) in [5, 5.41) is 0. The molecule has 1 amide bonds. The van der Waals surface area contributed by atoms with Crippen LogP contribution in [0.4, 0.5) is 0 Å². The largest absolute Gasteiger partial charge is 0.338 e. The summed E-state index contributed by atoms with van der Waals surface area (Å²) in [4.78, 5) is 17.1. The van der Waals surface area contributed by atoms with Gasteiger partial charge in [0.1, 0.15) is 0 Å². The summed E-state index contributed by atoms with van der Waals surface area (Å²) in [5.74, 6) is 3.39. The highest BCUT2D eigenvalue weighted by molar-refractivity contribution is 7.99. The van der Waals surface area contributed by atoms with Gasteiger partial charge in [-0.15, -0.1) is 0 Å². The SMILES string of the molecule is CN(C)C[C@@H]1CSCCCN1C(=O)CC1CCCCC1. The first-order valence-corrected chi connectivity index (χ1v) is 9.34. The van der Waals surface area contributed by atoms with E-state index in [-0.39, 0.29) is 0 Å². The van der Waals surface area contributed by atoms with Gasteiger partial charge in [-0.1, -0.05) is 19.3 Å². The van der Waals surface area contributed by atoms with Crippen LogP contribution in [0.15, 0.2) is 0 Å². The molecule has 1 heterocycles. The lowest BCUT2D eigenvalue weighted by Gasteiger charge is -2.33. The Labute approximate surface area is 128 Å². The molecule has 0 aromatic heterocycles. The molecule has 1 saturated carbocycles. The van der Waals surface area contributed by atoms with Crippen LogP contribution >= 0.6 is 11.8 Å². The Morgan fingerprint density at radius 1 is 1.20 bits per heavy atom. The zero-order valence-electron chi connectivity index (χ0n) is 13.1. The van der Waals surface area contributed by atoms with Gasteiger partial charge in [0.15, 0.2) is 0 Å². The van der Waals surface area contributed by atoms with Gasteiger partial charge in [-0.2, -0.15) is 11.8 Å². The summed E-state index contributed by atoms with van der Waals surface area (Å²) in [5.41, 5.74) is 0. The van der Waals surface area contributed by atoms with Crippen molar-refractivity contribution in [1.29, 1.82) is 0 Å². The van der Waals surface area contributed by atoms with E-state index >= 15 is 0 Å². The Kier molecular flexibility index (Phi) is 6.69. The number of hydrogen-bond acceptors (Lipinski definition) is 3. The van der Waals surface area contributed by atoms with Crippen LogP contribution < -0.4 is 0 Å². The van der Waals surface area contributed by atoms with E-state index < -0.39 is 0 Å². The van der Waals surface area contributed by atoms with E-state index in [9.17, 15) is 4.79 Å². The molecular weight excluding hydrogens is 268 g/mol. The first-order valence-electron chi connectivity index (χ1n) is 8.18. The van der Waals surface area contributed by atoms with E-state index in [1.54, 1.807) is 0 Å². The van der Waals surface area contributed by atoms with Crippen LogP contribution in [-0.2, 0) is 4.79 Å². The molecule has 0 aromatic carbocycles. The van der Waals surface area contributed by atoms with Crippen molar-refractivity contribution in [3.05, 3.63) is 0 Å². The van der Waals surface area contributed by atoms with Gasteiger partial charge >= 0.3 is 0 Å². The lowest BCUT2D eigenvalue weighted by atomic mass is 9.86. The summed E-state index contributed by atoms with van der Waals surface area (Å²) < 4.78 is 0. The zero-order chi connectivity index (χ0) is 14.4. The third-order valence-corrected chi connectivity index (χ3v) is 5.72. The van der Waals surface area contributed by atoms with Crippen LogP contribution in [0.3, 0.4) is 0 Å². The molecule has 2 fully saturated rings. The van der Waals surface area contributed by atoms with Crippen LogP contribution in [0.25, 0.3) is 0 Å². The average Bonchev–Trinajstić information content (AvgIpc) is 2.64. The standard InChI is InChI=1S/C16H30N2OS/c1-17(2)12-15-13-20-10-6-9-18(15)16(19)11-14-7-4-3-5-8-14/h14-15H,3-13H2,1-2H3/t15-/m1/s1. The van der Waals surface area contributed by atoms with Gasteiger partial charge in [0.25, 0.3) is 0 Å². The maximum absolute atomic E-state index is 12.7. The second-order valence-electron chi connectivity index (χ2n) is 6.64. The molecule has 0 unspecified atom stereocenters. The Bertz CT molecular complexity index is 303. The van der Waals surface area contributed by atoms with E-state index in [0.29, 0.717) is 17.9 Å². The van der Waals surface area contributed by atoms with Gasteiger partial charge in [0.05, 0.1) is 6.04 Å². The highest BCUT2D eigenvalue weighted by Crippen LogP contribution is 2.28. The molecule has 0 N–H and O–H groups in total. The minimum absolute atomic E-state index is 0.411. The summed E-state index contributed by atoms with van der Waals surface area (Å²) in [6, 6.07) is 0.411. The second-order valence-corrected chi connectivity index (χ2v) is 7.79. The fourth-order valence-corrected chi connectivity index (χ4v) is 4.54. The number of amides is 1. The molecule has 0 bridgehead atoms. The maximum atomic E-state index is 12.7. The monoisotopic (exact) mass is 298 g/mol. The van der Waals surface area contributed by atoms with Gasteiger partial charge in [-0.3, -0.25) is 4.79 Å². The molecule has 0 spiro atoms.